The lowest BCUT2D eigenvalue weighted by Crippen LogP contribution is -2.42. The van der Waals surface area contributed by atoms with Crippen LogP contribution in [0.4, 0.5) is 8.78 Å². The van der Waals surface area contributed by atoms with Gasteiger partial charge in [-0.2, -0.15) is 0 Å². The Hall–Kier alpha value is -1.43. The standard InChI is InChI=1S/C16H21F2NO3/c1-9-4-13(22-15(9)16(20)21)8-19-11-2-3-12(19)6-10(5-11)7-14(17)18/h4,10-12,14H,2-3,5-8H2,1H3,(H,20,21). The number of fused-ring (bicyclic) bond motifs is 2. The summed E-state index contributed by atoms with van der Waals surface area (Å²) in [5.74, 6) is -0.293. The molecule has 2 bridgehead atoms. The molecule has 2 atom stereocenters. The molecule has 0 radical (unpaired) electrons. The lowest BCUT2D eigenvalue weighted by molar-refractivity contribution is 0.0481. The van der Waals surface area contributed by atoms with Crippen LogP contribution in [0, 0.1) is 12.8 Å². The number of aromatic carboxylic acids is 1. The van der Waals surface area contributed by atoms with Crippen molar-refractivity contribution >= 4 is 5.97 Å². The number of aryl methyl sites for hydroxylation is 1. The van der Waals surface area contributed by atoms with Gasteiger partial charge in [-0.1, -0.05) is 0 Å². The Morgan fingerprint density at radius 3 is 2.55 bits per heavy atom. The van der Waals surface area contributed by atoms with Crippen LogP contribution in [0.1, 0.15) is 54.0 Å². The summed E-state index contributed by atoms with van der Waals surface area (Å²) < 4.78 is 30.6. The zero-order valence-electron chi connectivity index (χ0n) is 12.6. The first-order valence-electron chi connectivity index (χ1n) is 7.80. The van der Waals surface area contributed by atoms with Crippen LogP contribution in [-0.2, 0) is 6.54 Å². The average molecular weight is 313 g/mol. The predicted octanol–water partition coefficient (Wildman–Crippen LogP) is 3.68. The minimum absolute atomic E-state index is 0.00383. The van der Waals surface area contributed by atoms with Gasteiger partial charge < -0.3 is 9.52 Å². The summed E-state index contributed by atoms with van der Waals surface area (Å²) in [6, 6.07) is 2.41. The fourth-order valence-corrected chi connectivity index (χ4v) is 4.11. The first-order chi connectivity index (χ1) is 10.4. The van der Waals surface area contributed by atoms with Crippen LogP contribution in [0.25, 0.3) is 0 Å². The quantitative estimate of drug-likeness (QED) is 0.901. The van der Waals surface area contributed by atoms with Crippen LogP contribution in [0.3, 0.4) is 0 Å². The van der Waals surface area contributed by atoms with E-state index in [4.69, 9.17) is 9.52 Å². The van der Waals surface area contributed by atoms with E-state index in [1.54, 1.807) is 13.0 Å². The second-order valence-corrected chi connectivity index (χ2v) is 6.55. The molecule has 0 saturated carbocycles. The van der Waals surface area contributed by atoms with Crippen LogP contribution in [0.15, 0.2) is 10.5 Å². The molecule has 22 heavy (non-hydrogen) atoms. The fourth-order valence-electron chi connectivity index (χ4n) is 4.11. The molecule has 3 rings (SSSR count). The number of hydrogen-bond donors (Lipinski definition) is 1. The molecule has 0 spiro atoms. The maximum Gasteiger partial charge on any atom is 0.372 e. The number of rotatable bonds is 5. The topological polar surface area (TPSA) is 53.7 Å². The molecule has 3 heterocycles. The SMILES string of the molecule is Cc1cc(CN2C3CCC2CC(CC(F)F)C3)oc1C(=O)O. The van der Waals surface area contributed by atoms with E-state index >= 15 is 0 Å². The second kappa shape index (κ2) is 5.99. The molecule has 1 aromatic heterocycles. The van der Waals surface area contributed by atoms with Crippen molar-refractivity contribution in [1.82, 2.24) is 4.90 Å². The van der Waals surface area contributed by atoms with Crippen molar-refractivity contribution in [1.29, 1.82) is 0 Å². The number of carboxylic acid groups (broad SMARTS) is 1. The molecule has 0 aromatic carbocycles. The molecule has 6 heteroatoms. The lowest BCUT2D eigenvalue weighted by Gasteiger charge is -2.38. The van der Waals surface area contributed by atoms with Gasteiger partial charge in [0.2, 0.25) is 12.2 Å². The highest BCUT2D eigenvalue weighted by molar-refractivity contribution is 5.86. The van der Waals surface area contributed by atoms with E-state index in [9.17, 15) is 13.6 Å². The maximum absolute atomic E-state index is 12.6. The third-order valence-electron chi connectivity index (χ3n) is 4.99. The lowest BCUT2D eigenvalue weighted by atomic mass is 9.88. The summed E-state index contributed by atoms with van der Waals surface area (Å²) in [4.78, 5) is 13.3. The molecule has 2 saturated heterocycles. The molecule has 122 valence electrons. The van der Waals surface area contributed by atoms with Gasteiger partial charge >= 0.3 is 5.97 Å². The van der Waals surface area contributed by atoms with Crippen molar-refractivity contribution in [3.05, 3.63) is 23.2 Å². The Labute approximate surface area is 128 Å². The van der Waals surface area contributed by atoms with Gasteiger partial charge in [0.25, 0.3) is 0 Å². The smallest absolute Gasteiger partial charge is 0.372 e. The molecule has 1 aromatic rings. The normalized spacial score (nSPS) is 28.5. The Kier molecular flexibility index (Phi) is 4.21. The third kappa shape index (κ3) is 3.02. The van der Waals surface area contributed by atoms with Gasteiger partial charge in [0.15, 0.2) is 0 Å². The highest BCUT2D eigenvalue weighted by Gasteiger charge is 2.41. The fraction of sp³-hybridized carbons (Fsp3) is 0.688. The zero-order chi connectivity index (χ0) is 15.9. The van der Waals surface area contributed by atoms with E-state index in [2.05, 4.69) is 4.90 Å². The van der Waals surface area contributed by atoms with Crippen molar-refractivity contribution in [2.75, 3.05) is 0 Å². The van der Waals surface area contributed by atoms with Crippen LogP contribution in [-0.4, -0.2) is 34.5 Å². The second-order valence-electron chi connectivity index (χ2n) is 6.55. The molecule has 2 fully saturated rings. The average Bonchev–Trinajstić information content (AvgIpc) is 2.88. The van der Waals surface area contributed by atoms with E-state index in [1.807, 2.05) is 0 Å². The Bertz CT molecular complexity index is 544. The number of alkyl halides is 2. The van der Waals surface area contributed by atoms with E-state index in [1.165, 1.54) is 0 Å². The monoisotopic (exact) mass is 313 g/mol. The van der Waals surface area contributed by atoms with E-state index in [0.717, 1.165) is 25.7 Å². The van der Waals surface area contributed by atoms with Crippen molar-refractivity contribution < 1.29 is 23.1 Å². The molecule has 0 aliphatic carbocycles. The molecule has 2 aliphatic heterocycles. The summed E-state index contributed by atoms with van der Waals surface area (Å²) >= 11 is 0. The van der Waals surface area contributed by atoms with Gasteiger partial charge in [0, 0.05) is 24.1 Å². The molecule has 2 unspecified atom stereocenters. The van der Waals surface area contributed by atoms with Gasteiger partial charge in [0.1, 0.15) is 5.76 Å². The number of nitrogens with zero attached hydrogens (tertiary/aromatic N) is 1. The maximum atomic E-state index is 12.6. The minimum atomic E-state index is -2.22. The van der Waals surface area contributed by atoms with Gasteiger partial charge in [-0.25, -0.2) is 13.6 Å². The molecule has 2 aliphatic rings. The highest BCUT2D eigenvalue weighted by Crippen LogP contribution is 2.41. The minimum Gasteiger partial charge on any atom is -0.475 e. The number of hydrogen-bond acceptors (Lipinski definition) is 3. The number of piperidine rings is 1. The molecular formula is C16H21F2NO3. The molecular weight excluding hydrogens is 292 g/mol. The first-order valence-corrected chi connectivity index (χ1v) is 7.80. The van der Waals surface area contributed by atoms with Crippen molar-refractivity contribution in [2.45, 2.75) is 64.1 Å². The Balaban J connectivity index is 1.67. The Morgan fingerprint density at radius 1 is 1.41 bits per heavy atom. The van der Waals surface area contributed by atoms with Gasteiger partial charge in [0.05, 0.1) is 6.54 Å². The van der Waals surface area contributed by atoms with Crippen molar-refractivity contribution in [2.24, 2.45) is 5.92 Å². The van der Waals surface area contributed by atoms with Crippen LogP contribution >= 0.6 is 0 Å². The van der Waals surface area contributed by atoms with E-state index in [0.29, 0.717) is 30.0 Å². The Morgan fingerprint density at radius 2 is 2.05 bits per heavy atom. The zero-order valence-corrected chi connectivity index (χ0v) is 12.6. The number of carboxylic acids is 1. The van der Waals surface area contributed by atoms with Crippen LogP contribution in [0.5, 0.6) is 0 Å². The third-order valence-corrected chi connectivity index (χ3v) is 4.99. The number of furan rings is 1. The molecule has 0 amide bonds. The van der Waals surface area contributed by atoms with Crippen LogP contribution < -0.4 is 0 Å². The first kappa shape index (κ1) is 15.5. The van der Waals surface area contributed by atoms with Crippen LogP contribution in [0.2, 0.25) is 0 Å². The summed E-state index contributed by atoms with van der Waals surface area (Å²) in [7, 11) is 0. The van der Waals surface area contributed by atoms with Crippen molar-refractivity contribution in [3.63, 3.8) is 0 Å². The van der Waals surface area contributed by atoms with Gasteiger partial charge in [-0.05, 0) is 44.6 Å². The number of halogens is 2. The van der Waals surface area contributed by atoms with E-state index in [-0.39, 0.29) is 18.1 Å². The van der Waals surface area contributed by atoms with Gasteiger partial charge in [-0.15, -0.1) is 0 Å². The van der Waals surface area contributed by atoms with Gasteiger partial charge in [-0.3, -0.25) is 4.90 Å². The highest BCUT2D eigenvalue weighted by atomic mass is 19.3. The van der Waals surface area contributed by atoms with E-state index < -0.39 is 12.4 Å². The summed E-state index contributed by atoms with van der Waals surface area (Å²) in [5, 5.41) is 9.04. The molecule has 4 nitrogen and oxygen atoms in total. The summed E-state index contributed by atoms with van der Waals surface area (Å²) in [6.45, 7) is 2.30. The summed E-state index contributed by atoms with van der Waals surface area (Å²) in [6.07, 6.45) is 1.48. The summed E-state index contributed by atoms with van der Waals surface area (Å²) in [5.41, 5.74) is 0.627. The largest absolute Gasteiger partial charge is 0.475 e. The number of carbonyl (C=O) groups is 1. The molecule has 1 N–H and O–H groups in total. The van der Waals surface area contributed by atoms with Crippen molar-refractivity contribution in [3.8, 4) is 0 Å². The predicted molar refractivity (Wildman–Crippen MR) is 76.1 cm³/mol.